The molecule has 3 aromatic heterocycles. The van der Waals surface area contributed by atoms with Crippen molar-refractivity contribution in [2.45, 2.75) is 26.3 Å². The fourth-order valence-corrected chi connectivity index (χ4v) is 3.88. The average Bonchev–Trinajstić information content (AvgIpc) is 3.30. The summed E-state index contributed by atoms with van der Waals surface area (Å²) in [6, 6.07) is 9.99. The number of benzene rings is 1. The number of likely N-dealkylation sites (N-methyl/N-ethyl adjacent to an activating group) is 1. The summed E-state index contributed by atoms with van der Waals surface area (Å²) >= 11 is 0. The molecule has 1 saturated heterocycles. The molecule has 0 aliphatic carbocycles. The summed E-state index contributed by atoms with van der Waals surface area (Å²) in [7, 11) is 1.82. The van der Waals surface area contributed by atoms with Gasteiger partial charge < -0.3 is 14.3 Å². The number of rotatable bonds is 5. The summed E-state index contributed by atoms with van der Waals surface area (Å²) in [5, 5.41) is 16.9. The van der Waals surface area contributed by atoms with Gasteiger partial charge in [0.25, 0.3) is 0 Å². The van der Waals surface area contributed by atoms with Crippen molar-refractivity contribution in [2.24, 2.45) is 0 Å². The lowest BCUT2D eigenvalue weighted by atomic mass is 10.1. The Morgan fingerprint density at radius 3 is 2.75 bits per heavy atom. The number of carbonyl (C=O) groups excluding carboxylic acids is 1. The van der Waals surface area contributed by atoms with Crippen molar-refractivity contribution in [3.63, 3.8) is 0 Å². The first-order chi connectivity index (χ1) is 15.4. The van der Waals surface area contributed by atoms with Crippen molar-refractivity contribution in [3.8, 4) is 11.4 Å². The number of halogens is 1. The molecule has 1 aliphatic heterocycles. The molecule has 10 heteroatoms. The minimum Gasteiger partial charge on any atom is -0.361 e. The van der Waals surface area contributed by atoms with Crippen molar-refractivity contribution in [2.75, 3.05) is 25.0 Å². The van der Waals surface area contributed by atoms with E-state index in [9.17, 15) is 9.18 Å². The normalized spacial score (nSPS) is 14.1. The van der Waals surface area contributed by atoms with E-state index in [1.54, 1.807) is 21.5 Å². The van der Waals surface area contributed by atoms with Crippen LogP contribution >= 0.6 is 0 Å². The van der Waals surface area contributed by atoms with Crippen LogP contribution in [-0.2, 0) is 11.2 Å². The molecule has 164 valence electrons. The Morgan fingerprint density at radius 2 is 2.03 bits per heavy atom. The summed E-state index contributed by atoms with van der Waals surface area (Å²) in [6.07, 6.45) is 0.274. The molecule has 0 bridgehead atoms. The van der Waals surface area contributed by atoms with E-state index in [4.69, 9.17) is 4.52 Å². The number of hydrogen-bond donors (Lipinski definition) is 0. The number of nitrogens with zero attached hydrogens (tertiary/aromatic N) is 7. The molecule has 32 heavy (non-hydrogen) atoms. The van der Waals surface area contributed by atoms with E-state index >= 15 is 0 Å². The van der Waals surface area contributed by atoms with E-state index in [1.807, 2.05) is 33.0 Å². The molecule has 0 radical (unpaired) electrons. The maximum atomic E-state index is 13.7. The standard InChI is InChI=1S/C22H22FN7O2/c1-13-18(14(2)32-27-13)10-21(31)28(3)17-11-29(12-17)20-8-7-19-24-25-22(30(19)26-20)15-5-4-6-16(23)9-15/h4-9,17H,10-12H2,1-3H3. The van der Waals surface area contributed by atoms with Crippen molar-refractivity contribution in [3.05, 3.63) is 59.2 Å². The zero-order valence-electron chi connectivity index (χ0n) is 18.0. The van der Waals surface area contributed by atoms with Gasteiger partial charge in [-0.15, -0.1) is 15.3 Å². The lowest BCUT2D eigenvalue weighted by Crippen LogP contribution is -2.60. The summed E-state index contributed by atoms with van der Waals surface area (Å²) in [5.74, 6) is 1.59. The predicted octanol–water partition coefficient (Wildman–Crippen LogP) is 2.42. The van der Waals surface area contributed by atoms with Gasteiger partial charge in [0.15, 0.2) is 11.5 Å². The molecule has 0 unspecified atom stereocenters. The van der Waals surface area contributed by atoms with Gasteiger partial charge in [0.2, 0.25) is 5.91 Å². The molecular formula is C22H22FN7O2. The number of hydrogen-bond acceptors (Lipinski definition) is 7. The third kappa shape index (κ3) is 3.47. The van der Waals surface area contributed by atoms with Gasteiger partial charge in [0, 0.05) is 31.3 Å². The van der Waals surface area contributed by atoms with Gasteiger partial charge >= 0.3 is 0 Å². The quantitative estimate of drug-likeness (QED) is 0.475. The molecule has 1 fully saturated rings. The van der Waals surface area contributed by atoms with Crippen molar-refractivity contribution in [1.29, 1.82) is 0 Å². The molecule has 1 aromatic carbocycles. The second-order valence-corrected chi connectivity index (χ2v) is 8.04. The Morgan fingerprint density at radius 1 is 1.22 bits per heavy atom. The smallest absolute Gasteiger partial charge is 0.227 e. The zero-order chi connectivity index (χ0) is 22.4. The molecule has 4 aromatic rings. The number of carbonyl (C=O) groups is 1. The summed E-state index contributed by atoms with van der Waals surface area (Å²) in [4.78, 5) is 16.6. The minimum absolute atomic E-state index is 0.0275. The topological polar surface area (TPSA) is 92.7 Å². The largest absolute Gasteiger partial charge is 0.361 e. The number of anilines is 1. The predicted molar refractivity (Wildman–Crippen MR) is 115 cm³/mol. The van der Waals surface area contributed by atoms with Gasteiger partial charge in [-0.3, -0.25) is 4.79 Å². The van der Waals surface area contributed by atoms with Crippen LogP contribution in [0.4, 0.5) is 10.2 Å². The highest BCUT2D eigenvalue weighted by atomic mass is 19.1. The first-order valence-corrected chi connectivity index (χ1v) is 10.3. The highest BCUT2D eigenvalue weighted by molar-refractivity contribution is 5.79. The maximum absolute atomic E-state index is 13.7. The van der Waals surface area contributed by atoms with Gasteiger partial charge in [0.1, 0.15) is 17.4 Å². The van der Waals surface area contributed by atoms with E-state index in [1.165, 1.54) is 12.1 Å². The maximum Gasteiger partial charge on any atom is 0.227 e. The van der Waals surface area contributed by atoms with Crippen LogP contribution < -0.4 is 4.90 Å². The fourth-order valence-electron chi connectivity index (χ4n) is 3.88. The summed E-state index contributed by atoms with van der Waals surface area (Å²) in [6.45, 7) is 4.99. The molecule has 1 amide bonds. The molecule has 9 nitrogen and oxygen atoms in total. The highest BCUT2D eigenvalue weighted by Crippen LogP contribution is 2.25. The van der Waals surface area contributed by atoms with E-state index in [0.29, 0.717) is 35.9 Å². The first kappa shape index (κ1) is 20.1. The minimum atomic E-state index is -0.342. The number of fused-ring (bicyclic) bond motifs is 1. The molecule has 0 saturated carbocycles. The van der Waals surface area contributed by atoms with Crippen molar-refractivity contribution >= 4 is 17.4 Å². The van der Waals surface area contributed by atoms with Crippen LogP contribution in [0.2, 0.25) is 0 Å². The number of amides is 1. The zero-order valence-corrected chi connectivity index (χ0v) is 18.0. The monoisotopic (exact) mass is 435 g/mol. The Labute approximate surface area is 183 Å². The van der Waals surface area contributed by atoms with Crippen LogP contribution in [0.3, 0.4) is 0 Å². The Balaban J connectivity index is 1.29. The Kier molecular flexibility index (Phi) is 4.84. The molecule has 5 rings (SSSR count). The van der Waals surface area contributed by atoms with Crippen molar-refractivity contribution in [1.82, 2.24) is 29.9 Å². The van der Waals surface area contributed by atoms with Crippen LogP contribution in [0.1, 0.15) is 17.0 Å². The molecule has 4 heterocycles. The van der Waals surface area contributed by atoms with Crippen LogP contribution in [0.5, 0.6) is 0 Å². The Bertz CT molecular complexity index is 1290. The van der Waals surface area contributed by atoms with Gasteiger partial charge in [-0.05, 0) is 38.1 Å². The first-order valence-electron chi connectivity index (χ1n) is 10.3. The van der Waals surface area contributed by atoms with E-state index in [-0.39, 0.29) is 24.2 Å². The Hall–Kier alpha value is -3.82. The third-order valence-corrected chi connectivity index (χ3v) is 5.97. The molecular weight excluding hydrogens is 413 g/mol. The van der Waals surface area contributed by atoms with Crippen LogP contribution in [0, 0.1) is 19.7 Å². The summed E-state index contributed by atoms with van der Waals surface area (Å²) < 4.78 is 20.4. The van der Waals surface area contributed by atoms with Gasteiger partial charge in [-0.2, -0.15) is 4.52 Å². The van der Waals surface area contributed by atoms with Crippen molar-refractivity contribution < 1.29 is 13.7 Å². The molecule has 0 N–H and O–H groups in total. The number of aryl methyl sites for hydroxylation is 2. The average molecular weight is 435 g/mol. The van der Waals surface area contributed by atoms with E-state index in [2.05, 4.69) is 25.4 Å². The lowest BCUT2D eigenvalue weighted by molar-refractivity contribution is -0.131. The molecule has 0 spiro atoms. The van der Waals surface area contributed by atoms with Crippen LogP contribution in [0.25, 0.3) is 17.0 Å². The SMILES string of the molecule is Cc1noc(C)c1CC(=O)N(C)C1CN(c2ccc3nnc(-c4cccc(F)c4)n3n2)C1. The molecule has 0 atom stereocenters. The van der Waals surface area contributed by atoms with Gasteiger partial charge in [-0.25, -0.2) is 4.39 Å². The van der Waals surface area contributed by atoms with Gasteiger partial charge in [0.05, 0.1) is 18.2 Å². The third-order valence-electron chi connectivity index (χ3n) is 5.97. The number of aromatic nitrogens is 5. The second kappa shape index (κ2) is 7.70. The second-order valence-electron chi connectivity index (χ2n) is 8.04. The highest BCUT2D eigenvalue weighted by Gasteiger charge is 2.34. The van der Waals surface area contributed by atoms with Crippen LogP contribution in [0.15, 0.2) is 40.9 Å². The van der Waals surface area contributed by atoms with E-state index in [0.717, 1.165) is 17.1 Å². The molecule has 1 aliphatic rings. The van der Waals surface area contributed by atoms with Crippen LogP contribution in [-0.4, -0.2) is 62.0 Å². The summed E-state index contributed by atoms with van der Waals surface area (Å²) in [5.41, 5.74) is 2.78. The fraction of sp³-hybridized carbons (Fsp3) is 0.318. The van der Waals surface area contributed by atoms with E-state index < -0.39 is 0 Å². The lowest BCUT2D eigenvalue weighted by Gasteiger charge is -2.44. The van der Waals surface area contributed by atoms with Gasteiger partial charge in [-0.1, -0.05) is 17.3 Å².